The molecule has 1 amide bonds. The molecule has 3 aromatic rings. The highest BCUT2D eigenvalue weighted by atomic mass is 19.4. The van der Waals surface area contributed by atoms with Crippen molar-refractivity contribution in [2.45, 2.75) is 12.3 Å². The van der Waals surface area contributed by atoms with E-state index in [1.807, 2.05) is 0 Å². The van der Waals surface area contributed by atoms with Crippen molar-refractivity contribution in [3.8, 4) is 5.88 Å². The maximum absolute atomic E-state index is 13.0. The zero-order valence-electron chi connectivity index (χ0n) is 14.4. The molecule has 9 heteroatoms. The van der Waals surface area contributed by atoms with Crippen LogP contribution in [0.3, 0.4) is 0 Å². The molecule has 3 heterocycles. The summed E-state index contributed by atoms with van der Waals surface area (Å²) in [5.41, 5.74) is -0.583. The number of alkyl halides is 3. The number of para-hydroxylation sites is 1. The van der Waals surface area contributed by atoms with Gasteiger partial charge in [0.05, 0.1) is 18.7 Å². The number of ether oxygens (including phenoxy) is 1. The Morgan fingerprint density at radius 3 is 2.68 bits per heavy atom. The number of likely N-dealkylation sites (tertiary alicyclic amines) is 1. The van der Waals surface area contributed by atoms with E-state index in [-0.39, 0.29) is 24.6 Å². The number of nitrogens with one attached hydrogen (secondary N) is 1. The van der Waals surface area contributed by atoms with Gasteiger partial charge in [-0.15, -0.1) is 0 Å². The molecule has 1 aliphatic heterocycles. The smallest absolute Gasteiger partial charge is 0.421 e. The van der Waals surface area contributed by atoms with Crippen LogP contribution >= 0.6 is 0 Å². The van der Waals surface area contributed by atoms with Crippen molar-refractivity contribution in [3.05, 3.63) is 70.1 Å². The molecule has 0 atom stereocenters. The number of pyridine rings is 2. The number of rotatable bonds is 3. The summed E-state index contributed by atoms with van der Waals surface area (Å²) >= 11 is 0. The summed E-state index contributed by atoms with van der Waals surface area (Å²) < 4.78 is 44.4. The Kier molecular flexibility index (Phi) is 4.29. The monoisotopic (exact) mass is 389 g/mol. The van der Waals surface area contributed by atoms with E-state index in [1.165, 1.54) is 23.2 Å². The van der Waals surface area contributed by atoms with Crippen LogP contribution in [0.5, 0.6) is 5.88 Å². The molecule has 1 aliphatic rings. The zero-order chi connectivity index (χ0) is 19.9. The van der Waals surface area contributed by atoms with Crippen LogP contribution in [0.2, 0.25) is 0 Å². The van der Waals surface area contributed by atoms with Crippen molar-refractivity contribution in [1.82, 2.24) is 14.9 Å². The Hall–Kier alpha value is -3.36. The Bertz CT molecular complexity index is 1100. The molecule has 0 bridgehead atoms. The minimum atomic E-state index is -4.58. The largest absolute Gasteiger partial charge is 0.470 e. The molecular formula is C19H14F3N3O3. The van der Waals surface area contributed by atoms with Crippen molar-refractivity contribution in [1.29, 1.82) is 0 Å². The Morgan fingerprint density at radius 2 is 1.93 bits per heavy atom. The molecular weight excluding hydrogens is 375 g/mol. The molecule has 0 radical (unpaired) electrons. The molecule has 0 aliphatic carbocycles. The van der Waals surface area contributed by atoms with E-state index in [9.17, 15) is 22.8 Å². The van der Waals surface area contributed by atoms with Crippen molar-refractivity contribution >= 4 is 16.8 Å². The fourth-order valence-electron chi connectivity index (χ4n) is 3.09. The van der Waals surface area contributed by atoms with Crippen LogP contribution in [-0.2, 0) is 6.18 Å². The van der Waals surface area contributed by atoms with Crippen molar-refractivity contribution in [2.24, 2.45) is 0 Å². The van der Waals surface area contributed by atoms with Crippen molar-refractivity contribution in [3.63, 3.8) is 0 Å². The predicted octanol–water partition coefficient (Wildman–Crippen LogP) is 2.85. The fourth-order valence-corrected chi connectivity index (χ4v) is 3.09. The summed E-state index contributed by atoms with van der Waals surface area (Å²) in [5, 5.41) is 0.598. The highest BCUT2D eigenvalue weighted by Gasteiger charge is 2.38. The lowest BCUT2D eigenvalue weighted by Gasteiger charge is -2.39. The number of aromatic nitrogens is 2. The SMILES string of the molecule is O=C(c1cc(=O)[nH]c2ccccc12)N1CC(Oc2ncccc2C(F)(F)F)C1. The van der Waals surface area contributed by atoms with Gasteiger partial charge in [-0.3, -0.25) is 9.59 Å². The molecule has 0 unspecified atom stereocenters. The summed E-state index contributed by atoms with van der Waals surface area (Å²) in [6.07, 6.45) is -3.96. The van der Waals surface area contributed by atoms with Crippen LogP contribution in [-0.4, -0.2) is 40.0 Å². The van der Waals surface area contributed by atoms with Crippen LogP contribution in [0.1, 0.15) is 15.9 Å². The number of fused-ring (bicyclic) bond motifs is 1. The lowest BCUT2D eigenvalue weighted by atomic mass is 10.0. The molecule has 0 spiro atoms. The van der Waals surface area contributed by atoms with Gasteiger partial charge in [0.2, 0.25) is 11.4 Å². The molecule has 28 heavy (non-hydrogen) atoms. The van der Waals surface area contributed by atoms with E-state index in [1.54, 1.807) is 24.3 Å². The number of benzene rings is 1. The second kappa shape index (κ2) is 6.66. The highest BCUT2D eigenvalue weighted by molar-refractivity contribution is 6.06. The number of carbonyl (C=O) groups excluding carboxylic acids is 1. The number of hydrogen-bond donors (Lipinski definition) is 1. The van der Waals surface area contributed by atoms with E-state index in [2.05, 4.69) is 9.97 Å². The van der Waals surface area contributed by atoms with E-state index < -0.39 is 29.3 Å². The lowest BCUT2D eigenvalue weighted by Crippen LogP contribution is -2.56. The molecule has 2 aromatic heterocycles. The molecule has 0 saturated carbocycles. The molecule has 4 rings (SSSR count). The number of aromatic amines is 1. The average Bonchev–Trinajstić information content (AvgIpc) is 2.62. The third kappa shape index (κ3) is 3.30. The van der Waals surface area contributed by atoms with E-state index in [4.69, 9.17) is 4.74 Å². The van der Waals surface area contributed by atoms with E-state index >= 15 is 0 Å². The minimum absolute atomic E-state index is 0.105. The first-order valence-corrected chi connectivity index (χ1v) is 8.43. The maximum Gasteiger partial charge on any atom is 0.421 e. The number of amides is 1. The average molecular weight is 389 g/mol. The van der Waals surface area contributed by atoms with Gasteiger partial charge < -0.3 is 14.6 Å². The first-order chi connectivity index (χ1) is 13.3. The predicted molar refractivity (Wildman–Crippen MR) is 94.1 cm³/mol. The Balaban J connectivity index is 1.50. The molecule has 1 N–H and O–H groups in total. The summed E-state index contributed by atoms with van der Waals surface area (Å²) in [4.78, 5) is 32.3. The van der Waals surface area contributed by atoms with Gasteiger partial charge in [0.25, 0.3) is 5.91 Å². The van der Waals surface area contributed by atoms with Gasteiger partial charge >= 0.3 is 6.18 Å². The normalized spacial score (nSPS) is 14.8. The third-order valence-electron chi connectivity index (χ3n) is 4.47. The van der Waals surface area contributed by atoms with Gasteiger partial charge in [0.1, 0.15) is 11.7 Å². The summed E-state index contributed by atoms with van der Waals surface area (Å²) in [6.45, 7) is 0.210. The Labute approximate surface area is 156 Å². The zero-order valence-corrected chi connectivity index (χ0v) is 14.4. The highest BCUT2D eigenvalue weighted by Crippen LogP contribution is 2.35. The van der Waals surface area contributed by atoms with Gasteiger partial charge in [-0.05, 0) is 18.2 Å². The van der Waals surface area contributed by atoms with Crippen LogP contribution in [0.15, 0.2) is 53.5 Å². The topological polar surface area (TPSA) is 75.3 Å². The first kappa shape index (κ1) is 18.0. The van der Waals surface area contributed by atoms with E-state index in [0.717, 1.165) is 6.07 Å². The lowest BCUT2D eigenvalue weighted by molar-refractivity contribution is -0.140. The second-order valence-corrected chi connectivity index (χ2v) is 6.40. The van der Waals surface area contributed by atoms with Crippen molar-refractivity contribution in [2.75, 3.05) is 13.1 Å². The molecule has 1 fully saturated rings. The number of halogens is 3. The standard InChI is InChI=1S/C19H14F3N3O3/c20-19(21,22)14-5-3-7-23-17(14)28-11-9-25(10-11)18(27)13-8-16(26)24-15-6-2-1-4-12(13)15/h1-8,11H,9-10H2,(H,24,26). The first-order valence-electron chi connectivity index (χ1n) is 8.43. The molecule has 1 aromatic carbocycles. The number of nitrogens with zero attached hydrogens (tertiary/aromatic N) is 2. The van der Waals surface area contributed by atoms with Gasteiger partial charge in [-0.25, -0.2) is 4.98 Å². The maximum atomic E-state index is 13.0. The number of H-pyrrole nitrogens is 1. The van der Waals surface area contributed by atoms with Crippen LogP contribution in [0.25, 0.3) is 10.9 Å². The number of hydrogen-bond acceptors (Lipinski definition) is 4. The summed E-state index contributed by atoms with van der Waals surface area (Å²) in [7, 11) is 0. The molecule has 1 saturated heterocycles. The Morgan fingerprint density at radius 1 is 1.18 bits per heavy atom. The van der Waals surface area contributed by atoms with Gasteiger partial charge in [-0.2, -0.15) is 13.2 Å². The van der Waals surface area contributed by atoms with Gasteiger partial charge in [-0.1, -0.05) is 18.2 Å². The second-order valence-electron chi connectivity index (χ2n) is 6.40. The minimum Gasteiger partial charge on any atom is -0.470 e. The summed E-state index contributed by atoms with van der Waals surface area (Å²) in [6, 6.07) is 10.2. The van der Waals surface area contributed by atoms with Crippen LogP contribution in [0.4, 0.5) is 13.2 Å². The van der Waals surface area contributed by atoms with Crippen molar-refractivity contribution < 1.29 is 22.7 Å². The quantitative estimate of drug-likeness (QED) is 0.748. The summed E-state index contributed by atoms with van der Waals surface area (Å²) in [5.74, 6) is -0.882. The fraction of sp³-hybridized carbons (Fsp3) is 0.211. The number of carbonyl (C=O) groups is 1. The van der Waals surface area contributed by atoms with Gasteiger partial charge in [0.15, 0.2) is 0 Å². The van der Waals surface area contributed by atoms with Crippen LogP contribution < -0.4 is 10.3 Å². The van der Waals surface area contributed by atoms with E-state index in [0.29, 0.717) is 10.9 Å². The van der Waals surface area contributed by atoms with Gasteiger partial charge in [0, 0.05) is 23.2 Å². The molecule has 6 nitrogen and oxygen atoms in total. The third-order valence-corrected chi connectivity index (χ3v) is 4.47. The molecule has 144 valence electrons. The van der Waals surface area contributed by atoms with Crippen LogP contribution in [0, 0.1) is 0 Å².